The summed E-state index contributed by atoms with van der Waals surface area (Å²) in [5.41, 5.74) is 1.02. The molecule has 20 heavy (non-hydrogen) atoms. The second-order valence-corrected chi connectivity index (χ2v) is 6.02. The molecule has 1 aromatic rings. The van der Waals surface area contributed by atoms with Crippen LogP contribution in [0.5, 0.6) is 0 Å². The number of amides is 1. The van der Waals surface area contributed by atoms with Gasteiger partial charge in [0.25, 0.3) is 5.91 Å². The highest BCUT2D eigenvalue weighted by atomic mass is 16.5. The van der Waals surface area contributed by atoms with Crippen LogP contribution in [0.2, 0.25) is 0 Å². The monoisotopic (exact) mass is 281 g/mol. The second kappa shape index (κ2) is 6.37. The third-order valence-electron chi connectivity index (χ3n) is 3.17. The predicted molar refractivity (Wildman–Crippen MR) is 74.4 cm³/mol. The Morgan fingerprint density at radius 1 is 1.50 bits per heavy atom. The van der Waals surface area contributed by atoms with Gasteiger partial charge in [0.1, 0.15) is 0 Å². The minimum atomic E-state index is -0.250. The number of hydrogen-bond acceptors (Lipinski definition) is 4. The van der Waals surface area contributed by atoms with E-state index in [0.717, 1.165) is 12.8 Å². The van der Waals surface area contributed by atoms with E-state index < -0.39 is 0 Å². The van der Waals surface area contributed by atoms with Gasteiger partial charge in [0.05, 0.1) is 29.7 Å². The summed E-state index contributed by atoms with van der Waals surface area (Å²) in [7, 11) is 0. The van der Waals surface area contributed by atoms with Crippen LogP contribution in [0.4, 0.5) is 0 Å². The lowest BCUT2D eigenvalue weighted by molar-refractivity contribution is -0.0167. The Hall–Kier alpha value is -1.40. The molecule has 1 saturated heterocycles. The number of nitrogens with one attached hydrogen (secondary N) is 2. The van der Waals surface area contributed by atoms with Gasteiger partial charge in [0.15, 0.2) is 0 Å². The smallest absolute Gasteiger partial charge is 0.255 e. The molecule has 0 atom stereocenters. The first-order valence-corrected chi connectivity index (χ1v) is 7.00. The Labute approximate surface area is 119 Å². The molecule has 0 aromatic carbocycles. The Kier molecular flexibility index (Phi) is 4.77. The van der Waals surface area contributed by atoms with Gasteiger partial charge in [-0.05, 0) is 33.6 Å². The maximum Gasteiger partial charge on any atom is 0.255 e. The number of carbonyl (C=O) groups is 1. The van der Waals surface area contributed by atoms with Gasteiger partial charge in [-0.3, -0.25) is 9.89 Å². The first-order valence-electron chi connectivity index (χ1n) is 7.00. The molecule has 0 aliphatic carbocycles. The Bertz CT molecular complexity index is 445. The van der Waals surface area contributed by atoms with E-state index in [1.165, 1.54) is 0 Å². The largest absolute Gasteiger partial charge is 0.381 e. The fraction of sp³-hybridized carbons (Fsp3) is 0.714. The summed E-state index contributed by atoms with van der Waals surface area (Å²) in [6, 6.07) is 0.183. The van der Waals surface area contributed by atoms with Crippen LogP contribution in [0.1, 0.15) is 49.7 Å². The number of rotatable bonds is 4. The fourth-order valence-electron chi connectivity index (χ4n) is 2.01. The van der Waals surface area contributed by atoms with Gasteiger partial charge in [-0.2, -0.15) is 5.10 Å². The van der Waals surface area contributed by atoms with Crippen LogP contribution < -0.4 is 5.32 Å². The quantitative estimate of drug-likeness (QED) is 0.879. The number of aromatic amines is 1. The zero-order chi connectivity index (χ0) is 14.6. The highest BCUT2D eigenvalue weighted by molar-refractivity contribution is 5.95. The molecule has 0 saturated carbocycles. The van der Waals surface area contributed by atoms with Crippen molar-refractivity contribution in [2.75, 3.05) is 13.2 Å². The number of ether oxygens (including phenoxy) is 2. The second-order valence-electron chi connectivity index (χ2n) is 6.02. The summed E-state index contributed by atoms with van der Waals surface area (Å²) in [6.45, 7) is 7.69. The van der Waals surface area contributed by atoms with E-state index in [0.29, 0.717) is 31.1 Å². The molecule has 1 aromatic heterocycles. The van der Waals surface area contributed by atoms with Gasteiger partial charge in [-0.25, -0.2) is 0 Å². The fourth-order valence-corrected chi connectivity index (χ4v) is 2.01. The number of carbonyl (C=O) groups excluding carboxylic acids is 1. The topological polar surface area (TPSA) is 76.2 Å². The lowest BCUT2D eigenvalue weighted by Crippen LogP contribution is -2.39. The standard InChI is InChI=1S/C14H23N3O3/c1-14(2,3)20-9-12-11(8-15-17-12)13(18)16-10-4-6-19-7-5-10/h8,10H,4-7,9H2,1-3H3,(H,15,17)(H,16,18). The Morgan fingerprint density at radius 3 is 2.85 bits per heavy atom. The maximum absolute atomic E-state index is 12.3. The molecule has 6 nitrogen and oxygen atoms in total. The van der Waals surface area contributed by atoms with Crippen LogP contribution in [0, 0.1) is 0 Å². The molecule has 1 aliphatic heterocycles. The molecule has 1 fully saturated rings. The van der Waals surface area contributed by atoms with E-state index in [1.54, 1.807) is 6.20 Å². The van der Waals surface area contributed by atoms with Gasteiger partial charge in [0, 0.05) is 19.3 Å². The van der Waals surface area contributed by atoms with Gasteiger partial charge < -0.3 is 14.8 Å². The van der Waals surface area contributed by atoms with Crippen molar-refractivity contribution in [1.82, 2.24) is 15.5 Å². The molecule has 2 N–H and O–H groups in total. The van der Waals surface area contributed by atoms with Crippen LogP contribution in [0.3, 0.4) is 0 Å². The van der Waals surface area contributed by atoms with E-state index in [9.17, 15) is 4.79 Å². The highest BCUT2D eigenvalue weighted by Gasteiger charge is 2.21. The summed E-state index contributed by atoms with van der Waals surface area (Å²) in [5.74, 6) is -0.0989. The molecule has 6 heteroatoms. The van der Waals surface area contributed by atoms with Crippen LogP contribution in [-0.4, -0.2) is 41.0 Å². The highest BCUT2D eigenvalue weighted by Crippen LogP contribution is 2.14. The molecular weight excluding hydrogens is 258 g/mol. The number of nitrogens with zero attached hydrogens (tertiary/aromatic N) is 1. The molecule has 0 bridgehead atoms. The molecule has 0 radical (unpaired) electrons. The summed E-state index contributed by atoms with van der Waals surface area (Å²) < 4.78 is 11.0. The van der Waals surface area contributed by atoms with Crippen LogP contribution in [0.25, 0.3) is 0 Å². The van der Waals surface area contributed by atoms with Crippen molar-refractivity contribution in [3.63, 3.8) is 0 Å². The van der Waals surface area contributed by atoms with E-state index in [-0.39, 0.29) is 17.6 Å². The first kappa shape index (κ1) is 15.0. The van der Waals surface area contributed by atoms with Gasteiger partial charge >= 0.3 is 0 Å². The summed E-state index contributed by atoms with van der Waals surface area (Å²) in [4.78, 5) is 12.3. The van der Waals surface area contributed by atoms with Crippen molar-refractivity contribution in [1.29, 1.82) is 0 Å². The van der Waals surface area contributed by atoms with Gasteiger partial charge in [0.2, 0.25) is 0 Å². The van der Waals surface area contributed by atoms with Crippen molar-refractivity contribution in [3.05, 3.63) is 17.5 Å². The van der Waals surface area contributed by atoms with Crippen LogP contribution in [-0.2, 0) is 16.1 Å². The van der Waals surface area contributed by atoms with Crippen LogP contribution >= 0.6 is 0 Å². The molecule has 1 amide bonds. The van der Waals surface area contributed by atoms with Crippen molar-refractivity contribution < 1.29 is 14.3 Å². The van der Waals surface area contributed by atoms with Gasteiger partial charge in [-0.15, -0.1) is 0 Å². The lowest BCUT2D eigenvalue weighted by Gasteiger charge is -2.23. The molecule has 0 unspecified atom stereocenters. The minimum absolute atomic E-state index is 0.0989. The lowest BCUT2D eigenvalue weighted by atomic mass is 10.1. The molecule has 112 valence electrons. The molecule has 2 rings (SSSR count). The van der Waals surface area contributed by atoms with Gasteiger partial charge in [-0.1, -0.05) is 0 Å². The first-order chi connectivity index (χ1) is 9.46. The molecule has 2 heterocycles. The van der Waals surface area contributed by atoms with E-state index in [1.807, 2.05) is 20.8 Å². The van der Waals surface area contributed by atoms with E-state index in [2.05, 4.69) is 15.5 Å². The minimum Gasteiger partial charge on any atom is -0.381 e. The molecule has 0 spiro atoms. The summed E-state index contributed by atoms with van der Waals surface area (Å²) in [6.07, 6.45) is 3.27. The Morgan fingerprint density at radius 2 is 2.20 bits per heavy atom. The average Bonchev–Trinajstić information content (AvgIpc) is 2.85. The van der Waals surface area contributed by atoms with Crippen LogP contribution in [0.15, 0.2) is 6.20 Å². The third kappa shape index (κ3) is 4.31. The molecular formula is C14H23N3O3. The predicted octanol–water partition coefficient (Wildman–Crippen LogP) is 1.63. The average molecular weight is 281 g/mol. The zero-order valence-electron chi connectivity index (χ0n) is 12.4. The number of H-pyrrole nitrogens is 1. The number of hydrogen-bond donors (Lipinski definition) is 2. The zero-order valence-corrected chi connectivity index (χ0v) is 12.4. The summed E-state index contributed by atoms with van der Waals surface area (Å²) >= 11 is 0. The van der Waals surface area contributed by atoms with Crippen molar-refractivity contribution >= 4 is 5.91 Å². The van der Waals surface area contributed by atoms with E-state index >= 15 is 0 Å². The molecule has 1 aliphatic rings. The summed E-state index contributed by atoms with van der Waals surface area (Å²) in [5, 5.41) is 9.81. The number of aromatic nitrogens is 2. The SMILES string of the molecule is CC(C)(C)OCc1[nH]ncc1C(=O)NC1CCOCC1. The third-order valence-corrected chi connectivity index (χ3v) is 3.17. The maximum atomic E-state index is 12.3. The van der Waals surface area contributed by atoms with Crippen molar-refractivity contribution in [2.24, 2.45) is 0 Å². The van der Waals surface area contributed by atoms with Crippen molar-refractivity contribution in [3.8, 4) is 0 Å². The van der Waals surface area contributed by atoms with Crippen molar-refractivity contribution in [2.45, 2.75) is 51.9 Å². The normalized spacial score (nSPS) is 17.1. The Balaban J connectivity index is 1.94. The van der Waals surface area contributed by atoms with E-state index in [4.69, 9.17) is 9.47 Å².